The van der Waals surface area contributed by atoms with E-state index in [-0.39, 0.29) is 29.4 Å². The van der Waals surface area contributed by atoms with Crippen molar-refractivity contribution in [2.24, 2.45) is 10.9 Å². The van der Waals surface area contributed by atoms with Gasteiger partial charge < -0.3 is 14.8 Å². The molecule has 0 bridgehead atoms. The molecule has 2 aromatic rings. The number of aromatic nitrogens is 3. The maximum atomic E-state index is 4.77. The van der Waals surface area contributed by atoms with E-state index in [1.165, 1.54) is 5.01 Å². The summed E-state index contributed by atoms with van der Waals surface area (Å²) in [5.74, 6) is 1.58. The van der Waals surface area contributed by atoms with Gasteiger partial charge in [0.05, 0.1) is 29.6 Å². The molecule has 0 saturated carbocycles. The minimum absolute atomic E-state index is 0. The third kappa shape index (κ3) is 5.43. The fourth-order valence-electron chi connectivity index (χ4n) is 3.33. The highest BCUT2D eigenvalue weighted by Crippen LogP contribution is 2.28. The molecule has 0 aliphatic carbocycles. The number of thiazole rings is 1. The molecule has 0 radical (unpaired) electrons. The minimum atomic E-state index is 0. The Morgan fingerprint density at radius 1 is 1.41 bits per heavy atom. The van der Waals surface area contributed by atoms with Crippen molar-refractivity contribution in [1.82, 2.24) is 24.8 Å². The van der Waals surface area contributed by atoms with Crippen molar-refractivity contribution in [3.8, 4) is 0 Å². The molecule has 2 unspecified atom stereocenters. The molecule has 6 nitrogen and oxygen atoms in total. The number of hydrogen-bond acceptors (Lipinski definition) is 4. The number of likely N-dealkylation sites (tertiary alicyclic amines) is 1. The monoisotopic (exact) mass is 502 g/mol. The van der Waals surface area contributed by atoms with Crippen LogP contribution in [0.15, 0.2) is 29.1 Å². The lowest BCUT2D eigenvalue weighted by Gasteiger charge is -2.39. The van der Waals surface area contributed by atoms with E-state index in [0.29, 0.717) is 18.5 Å². The van der Waals surface area contributed by atoms with Gasteiger partial charge in [0, 0.05) is 43.3 Å². The molecule has 1 aliphatic heterocycles. The molecule has 27 heavy (non-hydrogen) atoms. The third-order valence-corrected chi connectivity index (χ3v) is 6.28. The smallest absolute Gasteiger partial charge is 0.194 e. The summed E-state index contributed by atoms with van der Waals surface area (Å²) in [6, 6.07) is 0.427. The van der Waals surface area contributed by atoms with E-state index >= 15 is 0 Å². The number of imidazole rings is 1. The Morgan fingerprint density at radius 2 is 2.19 bits per heavy atom. The molecule has 2 aromatic heterocycles. The largest absolute Gasteiger partial charge is 0.351 e. The number of rotatable bonds is 3. The predicted octanol–water partition coefficient (Wildman–Crippen LogP) is 3.91. The van der Waals surface area contributed by atoms with Gasteiger partial charge in [-0.15, -0.1) is 35.3 Å². The molecule has 1 N–H and O–H groups in total. The van der Waals surface area contributed by atoms with Gasteiger partial charge in [-0.25, -0.2) is 9.97 Å². The molecule has 0 spiro atoms. The van der Waals surface area contributed by atoms with Crippen molar-refractivity contribution in [2.45, 2.75) is 52.1 Å². The first kappa shape index (κ1) is 22.1. The lowest BCUT2D eigenvalue weighted by molar-refractivity contribution is 0.189. The summed E-state index contributed by atoms with van der Waals surface area (Å²) < 4.78 is 2.22. The number of aliphatic imine (C=N–C) groups is 1. The fourth-order valence-corrected chi connectivity index (χ4v) is 4.24. The van der Waals surface area contributed by atoms with Crippen LogP contribution in [0.4, 0.5) is 0 Å². The summed E-state index contributed by atoms with van der Waals surface area (Å²) in [4.78, 5) is 15.8. The highest BCUT2D eigenvalue weighted by Gasteiger charge is 2.29. The van der Waals surface area contributed by atoms with Gasteiger partial charge in [-0.3, -0.25) is 4.99 Å². The molecular formula is C19H31IN6S. The summed E-state index contributed by atoms with van der Waals surface area (Å²) in [5.41, 5.74) is 1.18. The molecule has 1 saturated heterocycles. The summed E-state index contributed by atoms with van der Waals surface area (Å²) in [6.45, 7) is 11.6. The lowest BCUT2D eigenvalue weighted by atomic mass is 9.93. The fraction of sp³-hybridized carbons (Fsp3) is 0.632. The van der Waals surface area contributed by atoms with Gasteiger partial charge in [0.25, 0.3) is 0 Å². The minimum Gasteiger partial charge on any atom is -0.351 e. The molecule has 3 heterocycles. The second-order valence-corrected chi connectivity index (χ2v) is 8.94. The van der Waals surface area contributed by atoms with Crippen molar-refractivity contribution < 1.29 is 0 Å². The van der Waals surface area contributed by atoms with Crippen LogP contribution >= 0.6 is 35.3 Å². The maximum absolute atomic E-state index is 4.77. The van der Waals surface area contributed by atoms with Crippen LogP contribution < -0.4 is 5.32 Å². The van der Waals surface area contributed by atoms with E-state index in [0.717, 1.165) is 31.2 Å². The SMILES string of the molecule is CN=C(NCc1csc(C(C)(C)C)n1)N1CCC(C)C(n2ccnc2)C1.I. The first-order valence-corrected chi connectivity index (χ1v) is 10.1. The molecule has 3 rings (SSSR count). The normalized spacial score (nSPS) is 21.1. The quantitative estimate of drug-likeness (QED) is 0.393. The molecule has 8 heteroatoms. The van der Waals surface area contributed by atoms with Crippen molar-refractivity contribution in [3.05, 3.63) is 34.8 Å². The van der Waals surface area contributed by atoms with Crippen LogP contribution in [0.1, 0.15) is 50.9 Å². The van der Waals surface area contributed by atoms with Crippen LogP contribution in [0.2, 0.25) is 0 Å². The average molecular weight is 502 g/mol. The van der Waals surface area contributed by atoms with Crippen molar-refractivity contribution in [2.75, 3.05) is 20.1 Å². The number of guanidine groups is 1. The van der Waals surface area contributed by atoms with Crippen molar-refractivity contribution >= 4 is 41.3 Å². The van der Waals surface area contributed by atoms with E-state index in [1.54, 1.807) is 11.3 Å². The standard InChI is InChI=1S/C19H30N6S.HI/c1-14-6-8-24(11-16(14)25-9-7-21-13-25)18(20-5)22-10-15-12-26-17(23-15)19(2,3)4;/h7,9,12-14,16H,6,8,10-11H2,1-5H3,(H,20,22);1H. The van der Waals surface area contributed by atoms with Gasteiger partial charge in [-0.1, -0.05) is 27.7 Å². The first-order valence-electron chi connectivity index (χ1n) is 9.26. The second-order valence-electron chi connectivity index (χ2n) is 8.08. The molecule has 1 aliphatic rings. The number of hydrogen-bond donors (Lipinski definition) is 1. The van der Waals surface area contributed by atoms with Gasteiger partial charge in [-0.2, -0.15) is 0 Å². The molecule has 1 fully saturated rings. The Labute approximate surface area is 183 Å². The van der Waals surface area contributed by atoms with Gasteiger partial charge in [-0.05, 0) is 12.3 Å². The number of halogens is 1. The first-order chi connectivity index (χ1) is 12.4. The molecule has 0 aromatic carbocycles. The van der Waals surface area contributed by atoms with Crippen LogP contribution in [0.25, 0.3) is 0 Å². The van der Waals surface area contributed by atoms with Crippen LogP contribution in [-0.2, 0) is 12.0 Å². The second kappa shape index (κ2) is 9.36. The van der Waals surface area contributed by atoms with Crippen LogP contribution in [0, 0.1) is 5.92 Å². The van der Waals surface area contributed by atoms with Crippen LogP contribution in [-0.4, -0.2) is 45.5 Å². The van der Waals surface area contributed by atoms with Gasteiger partial charge in [0.1, 0.15) is 0 Å². The van der Waals surface area contributed by atoms with E-state index in [4.69, 9.17) is 4.98 Å². The Morgan fingerprint density at radius 3 is 2.78 bits per heavy atom. The van der Waals surface area contributed by atoms with Crippen molar-refractivity contribution in [1.29, 1.82) is 0 Å². The summed E-state index contributed by atoms with van der Waals surface area (Å²) in [5, 5.41) is 6.82. The highest BCUT2D eigenvalue weighted by molar-refractivity contribution is 14.0. The molecule has 2 atom stereocenters. The summed E-state index contributed by atoms with van der Waals surface area (Å²) in [6.07, 6.45) is 6.98. The van der Waals surface area contributed by atoms with E-state index in [2.05, 4.69) is 64.0 Å². The highest BCUT2D eigenvalue weighted by atomic mass is 127. The van der Waals surface area contributed by atoms with Crippen LogP contribution in [0.5, 0.6) is 0 Å². The zero-order valence-corrected chi connectivity index (χ0v) is 20.0. The molecule has 0 amide bonds. The summed E-state index contributed by atoms with van der Waals surface area (Å²) >= 11 is 1.74. The van der Waals surface area contributed by atoms with E-state index in [1.807, 2.05) is 19.6 Å². The van der Waals surface area contributed by atoms with E-state index in [9.17, 15) is 0 Å². The lowest BCUT2D eigenvalue weighted by Crippen LogP contribution is -2.48. The Hall–Kier alpha value is -1.16. The maximum Gasteiger partial charge on any atom is 0.194 e. The van der Waals surface area contributed by atoms with Gasteiger partial charge >= 0.3 is 0 Å². The number of nitrogens with one attached hydrogen (secondary N) is 1. The molecular weight excluding hydrogens is 471 g/mol. The Kier molecular flexibility index (Phi) is 7.67. The zero-order chi connectivity index (χ0) is 18.7. The van der Waals surface area contributed by atoms with Crippen molar-refractivity contribution in [3.63, 3.8) is 0 Å². The number of piperidine rings is 1. The Balaban J connectivity index is 0.00000261. The van der Waals surface area contributed by atoms with Crippen LogP contribution in [0.3, 0.4) is 0 Å². The topological polar surface area (TPSA) is 58.3 Å². The Bertz CT molecular complexity index is 734. The van der Waals surface area contributed by atoms with Gasteiger partial charge in [0.15, 0.2) is 5.96 Å². The van der Waals surface area contributed by atoms with E-state index < -0.39 is 0 Å². The molecule has 150 valence electrons. The van der Waals surface area contributed by atoms with Gasteiger partial charge in [0.2, 0.25) is 0 Å². The number of nitrogens with zero attached hydrogens (tertiary/aromatic N) is 5. The third-order valence-electron chi connectivity index (χ3n) is 4.96. The summed E-state index contributed by atoms with van der Waals surface area (Å²) in [7, 11) is 1.86. The predicted molar refractivity (Wildman–Crippen MR) is 123 cm³/mol. The zero-order valence-electron chi connectivity index (χ0n) is 16.8. The average Bonchev–Trinajstić information content (AvgIpc) is 3.27.